The van der Waals surface area contributed by atoms with Crippen LogP contribution in [0.2, 0.25) is 0 Å². The first-order valence-corrected chi connectivity index (χ1v) is 8.42. The first-order chi connectivity index (χ1) is 10.2. The molecule has 1 aromatic carbocycles. The quantitative estimate of drug-likeness (QED) is 0.845. The lowest BCUT2D eigenvalue weighted by atomic mass is 9.98. The number of aliphatic hydroxyl groups excluding tert-OH is 1. The maximum Gasteiger partial charge on any atom is 0.0611 e. The largest absolute Gasteiger partial charge is 0.394 e. The number of anilines is 1. The van der Waals surface area contributed by atoms with E-state index < -0.39 is 0 Å². The molecule has 1 unspecified atom stereocenters. The van der Waals surface area contributed by atoms with Crippen LogP contribution in [0, 0.1) is 0 Å². The Bertz CT molecular complexity index is 472. The molecule has 3 rings (SSSR count). The van der Waals surface area contributed by atoms with Crippen molar-refractivity contribution in [3.63, 3.8) is 0 Å². The molecule has 1 atom stereocenters. The lowest BCUT2D eigenvalue weighted by Gasteiger charge is -2.33. The molecule has 1 fully saturated rings. The molecule has 2 aliphatic rings. The molecule has 0 aromatic heterocycles. The fourth-order valence-corrected chi connectivity index (χ4v) is 3.30. The normalized spacial score (nSPS) is 21.5. The minimum absolute atomic E-state index is 0.136. The number of nitrogens with one attached hydrogen (secondary N) is 1. The van der Waals surface area contributed by atoms with Crippen LogP contribution in [0.25, 0.3) is 0 Å². The average Bonchev–Trinajstić information content (AvgIpc) is 3.32. The Kier molecular flexibility index (Phi) is 4.51. The number of fused-ring (bicyclic) bond motifs is 1. The maximum absolute atomic E-state index is 9.76. The summed E-state index contributed by atoms with van der Waals surface area (Å²) in [6, 6.07) is 9.45. The molecule has 0 radical (unpaired) electrons. The Morgan fingerprint density at radius 1 is 1.29 bits per heavy atom. The number of nitrogens with zero attached hydrogens (tertiary/aromatic N) is 1. The summed E-state index contributed by atoms with van der Waals surface area (Å²) in [5, 5.41) is 13.4. The topological polar surface area (TPSA) is 35.5 Å². The number of hydrogen-bond donors (Lipinski definition) is 2. The SMILES string of the molecule is CC(CO)(CCN1CCCCc2ccccc21)NC1CC1. The van der Waals surface area contributed by atoms with Crippen LogP contribution in [-0.4, -0.2) is 36.4 Å². The Labute approximate surface area is 128 Å². The van der Waals surface area contributed by atoms with E-state index in [-0.39, 0.29) is 12.1 Å². The summed E-state index contributed by atoms with van der Waals surface area (Å²) in [7, 11) is 0. The summed E-state index contributed by atoms with van der Waals surface area (Å²) in [6.45, 7) is 4.55. The van der Waals surface area contributed by atoms with E-state index in [1.807, 2.05) is 0 Å². The second-order valence-electron chi connectivity index (χ2n) is 6.96. The first-order valence-electron chi connectivity index (χ1n) is 8.42. The predicted octanol–water partition coefficient (Wildman–Crippen LogP) is 2.72. The van der Waals surface area contributed by atoms with Crippen molar-refractivity contribution in [1.29, 1.82) is 0 Å². The molecule has 1 aliphatic carbocycles. The summed E-state index contributed by atoms with van der Waals surface area (Å²) in [5.74, 6) is 0. The van der Waals surface area contributed by atoms with E-state index in [0.29, 0.717) is 6.04 Å². The number of hydrogen-bond acceptors (Lipinski definition) is 3. The highest BCUT2D eigenvalue weighted by molar-refractivity contribution is 5.54. The molecule has 3 nitrogen and oxygen atoms in total. The lowest BCUT2D eigenvalue weighted by molar-refractivity contribution is 0.165. The van der Waals surface area contributed by atoms with Crippen molar-refractivity contribution in [3.05, 3.63) is 29.8 Å². The zero-order valence-electron chi connectivity index (χ0n) is 13.1. The third kappa shape index (κ3) is 3.78. The predicted molar refractivity (Wildman–Crippen MR) is 87.9 cm³/mol. The minimum Gasteiger partial charge on any atom is -0.394 e. The Balaban J connectivity index is 1.66. The number of aliphatic hydroxyl groups is 1. The van der Waals surface area contributed by atoms with E-state index >= 15 is 0 Å². The second-order valence-corrected chi connectivity index (χ2v) is 6.96. The van der Waals surface area contributed by atoms with Gasteiger partial charge in [-0.25, -0.2) is 0 Å². The molecule has 1 heterocycles. The third-order valence-electron chi connectivity index (χ3n) is 4.87. The van der Waals surface area contributed by atoms with Crippen LogP contribution >= 0.6 is 0 Å². The van der Waals surface area contributed by atoms with Gasteiger partial charge in [-0.15, -0.1) is 0 Å². The van der Waals surface area contributed by atoms with Crippen LogP contribution < -0.4 is 10.2 Å². The third-order valence-corrected chi connectivity index (χ3v) is 4.87. The van der Waals surface area contributed by atoms with Gasteiger partial charge in [-0.1, -0.05) is 18.2 Å². The average molecular weight is 288 g/mol. The Hall–Kier alpha value is -1.06. The minimum atomic E-state index is -0.136. The van der Waals surface area contributed by atoms with Gasteiger partial charge < -0.3 is 15.3 Å². The standard InChI is InChI=1S/C18H28N2O/c1-18(14-21,19-16-9-10-16)11-13-20-12-5-4-7-15-6-2-3-8-17(15)20/h2-3,6,8,16,19,21H,4-5,7,9-14H2,1H3. The molecule has 3 heteroatoms. The molecule has 116 valence electrons. The van der Waals surface area contributed by atoms with Gasteiger partial charge in [0, 0.05) is 30.4 Å². The molecule has 1 saturated carbocycles. The lowest BCUT2D eigenvalue weighted by Crippen LogP contribution is -2.49. The number of benzene rings is 1. The first kappa shape index (κ1) is 14.9. The Morgan fingerprint density at radius 3 is 2.86 bits per heavy atom. The molecule has 21 heavy (non-hydrogen) atoms. The van der Waals surface area contributed by atoms with Crippen molar-refractivity contribution < 1.29 is 5.11 Å². The van der Waals surface area contributed by atoms with Crippen molar-refractivity contribution in [3.8, 4) is 0 Å². The number of para-hydroxylation sites is 1. The smallest absolute Gasteiger partial charge is 0.0611 e. The van der Waals surface area contributed by atoms with Crippen molar-refractivity contribution >= 4 is 5.69 Å². The fourth-order valence-electron chi connectivity index (χ4n) is 3.30. The van der Waals surface area contributed by atoms with Gasteiger partial charge in [0.1, 0.15) is 0 Å². The van der Waals surface area contributed by atoms with Gasteiger partial charge in [-0.2, -0.15) is 0 Å². The summed E-state index contributed by atoms with van der Waals surface area (Å²) >= 11 is 0. The fraction of sp³-hybridized carbons (Fsp3) is 0.667. The molecule has 0 amide bonds. The van der Waals surface area contributed by atoms with E-state index in [9.17, 15) is 5.11 Å². The van der Waals surface area contributed by atoms with Crippen LogP contribution in [0.15, 0.2) is 24.3 Å². The molecule has 0 bridgehead atoms. The number of rotatable bonds is 6. The van der Waals surface area contributed by atoms with Crippen LogP contribution in [-0.2, 0) is 6.42 Å². The van der Waals surface area contributed by atoms with Gasteiger partial charge in [-0.3, -0.25) is 0 Å². The van der Waals surface area contributed by atoms with Gasteiger partial charge in [0.15, 0.2) is 0 Å². The molecule has 1 aromatic rings. The monoisotopic (exact) mass is 288 g/mol. The van der Waals surface area contributed by atoms with Gasteiger partial charge in [0.25, 0.3) is 0 Å². The molecule has 0 spiro atoms. The van der Waals surface area contributed by atoms with Crippen LogP contribution in [0.4, 0.5) is 5.69 Å². The van der Waals surface area contributed by atoms with Gasteiger partial charge in [0.05, 0.1) is 6.61 Å². The van der Waals surface area contributed by atoms with Crippen LogP contribution in [0.1, 0.15) is 44.6 Å². The molecular formula is C18H28N2O. The van der Waals surface area contributed by atoms with Gasteiger partial charge >= 0.3 is 0 Å². The summed E-state index contributed by atoms with van der Waals surface area (Å²) in [6.07, 6.45) is 7.27. The van der Waals surface area contributed by atoms with E-state index in [1.54, 1.807) is 0 Å². The summed E-state index contributed by atoms with van der Waals surface area (Å²) < 4.78 is 0. The highest BCUT2D eigenvalue weighted by Gasteiger charge is 2.32. The zero-order chi connectivity index (χ0) is 14.7. The highest BCUT2D eigenvalue weighted by atomic mass is 16.3. The van der Waals surface area contributed by atoms with Crippen LogP contribution in [0.5, 0.6) is 0 Å². The summed E-state index contributed by atoms with van der Waals surface area (Å²) in [5.41, 5.74) is 2.75. The van der Waals surface area contributed by atoms with Crippen LogP contribution in [0.3, 0.4) is 0 Å². The molecule has 2 N–H and O–H groups in total. The maximum atomic E-state index is 9.76. The van der Waals surface area contributed by atoms with Crippen molar-refractivity contribution in [2.75, 3.05) is 24.6 Å². The van der Waals surface area contributed by atoms with Crippen molar-refractivity contribution in [2.45, 2.75) is 57.0 Å². The molecule has 0 saturated heterocycles. The van der Waals surface area contributed by atoms with Gasteiger partial charge in [0.2, 0.25) is 0 Å². The Morgan fingerprint density at radius 2 is 2.10 bits per heavy atom. The van der Waals surface area contributed by atoms with Crippen molar-refractivity contribution in [2.24, 2.45) is 0 Å². The highest BCUT2D eigenvalue weighted by Crippen LogP contribution is 2.28. The zero-order valence-corrected chi connectivity index (χ0v) is 13.1. The van der Waals surface area contributed by atoms with E-state index in [2.05, 4.69) is 41.4 Å². The van der Waals surface area contributed by atoms with E-state index in [0.717, 1.165) is 19.5 Å². The summed E-state index contributed by atoms with van der Waals surface area (Å²) in [4.78, 5) is 2.52. The van der Waals surface area contributed by atoms with E-state index in [1.165, 1.54) is 43.4 Å². The van der Waals surface area contributed by atoms with E-state index in [4.69, 9.17) is 0 Å². The second kappa shape index (κ2) is 6.37. The van der Waals surface area contributed by atoms with Crippen molar-refractivity contribution in [1.82, 2.24) is 5.32 Å². The number of aryl methyl sites for hydroxylation is 1. The molecule has 1 aliphatic heterocycles. The van der Waals surface area contributed by atoms with Gasteiger partial charge in [-0.05, 0) is 57.1 Å². The molecular weight excluding hydrogens is 260 g/mol.